The molecule has 35 heavy (non-hydrogen) atoms. The summed E-state index contributed by atoms with van der Waals surface area (Å²) < 4.78 is 3.17. The fraction of sp³-hybridized carbons (Fsp3) is 0.280. The minimum Gasteiger partial charge on any atom is -0.383 e. The first-order valence-electron chi connectivity index (χ1n) is 11.2. The van der Waals surface area contributed by atoms with Gasteiger partial charge >= 0.3 is 5.69 Å². The van der Waals surface area contributed by atoms with Crippen molar-refractivity contribution in [2.24, 2.45) is 0 Å². The van der Waals surface area contributed by atoms with Gasteiger partial charge in [0, 0.05) is 28.9 Å². The van der Waals surface area contributed by atoms with E-state index in [4.69, 9.17) is 23.2 Å². The summed E-state index contributed by atoms with van der Waals surface area (Å²) in [6, 6.07) is 14.1. The number of aromatic amines is 1. The van der Waals surface area contributed by atoms with Gasteiger partial charge in [0.1, 0.15) is 5.60 Å². The lowest BCUT2D eigenvalue weighted by atomic mass is 9.88. The van der Waals surface area contributed by atoms with E-state index in [9.17, 15) is 14.7 Å². The number of aromatic nitrogens is 5. The Morgan fingerprint density at radius 1 is 1.03 bits per heavy atom. The molecule has 0 aliphatic rings. The Bertz CT molecular complexity index is 1420. The third-order valence-corrected chi connectivity index (χ3v) is 6.34. The third-order valence-electron chi connectivity index (χ3n) is 5.85. The lowest BCUT2D eigenvalue weighted by molar-refractivity contribution is 0.0337. The number of rotatable bonds is 9. The van der Waals surface area contributed by atoms with Gasteiger partial charge in [-0.05, 0) is 67.1 Å². The van der Waals surface area contributed by atoms with Crippen molar-refractivity contribution < 1.29 is 5.11 Å². The molecule has 182 valence electrons. The molecule has 2 aromatic carbocycles. The van der Waals surface area contributed by atoms with Crippen molar-refractivity contribution in [3.05, 3.63) is 103 Å². The first-order valence-corrected chi connectivity index (χ1v) is 11.9. The maximum atomic E-state index is 11.8. The molecular formula is C25H25Cl2N5O3. The van der Waals surface area contributed by atoms with Crippen LogP contribution in [0.3, 0.4) is 0 Å². The van der Waals surface area contributed by atoms with Crippen molar-refractivity contribution in [1.29, 1.82) is 0 Å². The van der Waals surface area contributed by atoms with E-state index < -0.39 is 16.9 Å². The normalized spacial score (nSPS) is 13.0. The van der Waals surface area contributed by atoms with Gasteiger partial charge in [0.05, 0.1) is 18.4 Å². The van der Waals surface area contributed by atoms with Gasteiger partial charge in [0.2, 0.25) is 0 Å². The molecule has 0 amide bonds. The van der Waals surface area contributed by atoms with Crippen molar-refractivity contribution in [3.8, 4) is 11.1 Å². The average Bonchev–Trinajstić information content (AvgIpc) is 3.24. The summed E-state index contributed by atoms with van der Waals surface area (Å²) >= 11 is 12.3. The topological polar surface area (TPSA) is 106 Å². The molecule has 0 saturated carbocycles. The van der Waals surface area contributed by atoms with Gasteiger partial charge in [-0.15, -0.1) is 5.10 Å². The quantitative estimate of drug-likeness (QED) is 0.328. The fourth-order valence-electron chi connectivity index (χ4n) is 4.05. The van der Waals surface area contributed by atoms with E-state index in [1.54, 1.807) is 36.0 Å². The van der Waals surface area contributed by atoms with Crippen LogP contribution in [0, 0.1) is 0 Å². The lowest BCUT2D eigenvalue weighted by Crippen LogP contribution is -2.30. The zero-order valence-corrected chi connectivity index (χ0v) is 20.6. The molecule has 2 aromatic heterocycles. The monoisotopic (exact) mass is 513 g/mol. The summed E-state index contributed by atoms with van der Waals surface area (Å²) in [4.78, 5) is 25.3. The van der Waals surface area contributed by atoms with Crippen LogP contribution in [-0.2, 0) is 25.1 Å². The predicted molar refractivity (Wildman–Crippen MR) is 136 cm³/mol. The number of H-pyrrole nitrogens is 1. The smallest absolute Gasteiger partial charge is 0.328 e. The van der Waals surface area contributed by atoms with Crippen molar-refractivity contribution in [1.82, 2.24) is 24.5 Å². The van der Waals surface area contributed by atoms with Crippen LogP contribution in [0.15, 0.2) is 70.5 Å². The Morgan fingerprint density at radius 3 is 2.51 bits per heavy atom. The summed E-state index contributed by atoms with van der Waals surface area (Å²) in [5.41, 5.74) is 1.21. The molecule has 0 bridgehead atoms. The summed E-state index contributed by atoms with van der Waals surface area (Å²) in [7, 11) is 0. The first kappa shape index (κ1) is 24.9. The van der Waals surface area contributed by atoms with Crippen molar-refractivity contribution in [2.45, 2.75) is 44.9 Å². The second-order valence-corrected chi connectivity index (χ2v) is 9.49. The van der Waals surface area contributed by atoms with E-state index in [-0.39, 0.29) is 6.54 Å². The van der Waals surface area contributed by atoms with Gasteiger partial charge in [-0.1, -0.05) is 46.6 Å². The zero-order chi connectivity index (χ0) is 25.0. The van der Waals surface area contributed by atoms with Gasteiger partial charge < -0.3 is 9.67 Å². The molecule has 0 aliphatic carbocycles. The van der Waals surface area contributed by atoms with E-state index >= 15 is 0 Å². The molecule has 4 aromatic rings. The van der Waals surface area contributed by atoms with Crippen LogP contribution in [0.25, 0.3) is 11.1 Å². The third kappa shape index (κ3) is 6.08. The molecule has 4 rings (SSSR count). The highest BCUT2D eigenvalue weighted by Crippen LogP contribution is 2.35. The number of benzene rings is 2. The van der Waals surface area contributed by atoms with Crippen molar-refractivity contribution in [3.63, 3.8) is 0 Å². The molecule has 0 unspecified atom stereocenters. The average molecular weight is 514 g/mol. The standard InChI is InChI=1S/C25H25Cl2N5O3/c1-25(35,22-10-9-19(27)14-21(22)17-5-7-18(26)8-6-17)16-32-20(15-28-30-32)4-2-3-12-31-13-11-23(33)29-24(31)34/h5-11,13-15,35H,2-4,12,16H2,1H3,(H,29,33,34)/t25-/m1/s1. The number of halogens is 2. The van der Waals surface area contributed by atoms with Crippen LogP contribution in [0.5, 0.6) is 0 Å². The molecule has 0 aliphatic heterocycles. The van der Waals surface area contributed by atoms with Crippen LogP contribution < -0.4 is 11.2 Å². The maximum absolute atomic E-state index is 11.8. The second-order valence-electron chi connectivity index (χ2n) is 8.61. The number of aliphatic hydroxyl groups is 1. The molecule has 2 heterocycles. The van der Waals surface area contributed by atoms with E-state index in [0.717, 1.165) is 29.7 Å². The summed E-state index contributed by atoms with van der Waals surface area (Å²) in [5.74, 6) is 0. The van der Waals surface area contributed by atoms with Gasteiger partial charge in [-0.3, -0.25) is 9.78 Å². The number of aryl methyl sites for hydroxylation is 2. The number of nitrogens with one attached hydrogen (secondary N) is 1. The van der Waals surface area contributed by atoms with Gasteiger partial charge in [-0.25, -0.2) is 9.48 Å². The minimum atomic E-state index is -1.26. The molecule has 1 atom stereocenters. The van der Waals surface area contributed by atoms with Crippen LogP contribution >= 0.6 is 23.2 Å². The Balaban J connectivity index is 1.47. The van der Waals surface area contributed by atoms with Gasteiger partial charge in [0.25, 0.3) is 5.56 Å². The fourth-order valence-corrected chi connectivity index (χ4v) is 4.34. The number of hydrogen-bond acceptors (Lipinski definition) is 5. The highest BCUT2D eigenvalue weighted by molar-refractivity contribution is 6.31. The number of unbranched alkanes of at least 4 members (excludes halogenated alkanes) is 1. The minimum absolute atomic E-state index is 0.198. The Hall–Kier alpha value is -3.20. The van der Waals surface area contributed by atoms with Crippen LogP contribution in [0.2, 0.25) is 10.0 Å². The second kappa shape index (κ2) is 10.6. The number of hydrogen-bond donors (Lipinski definition) is 2. The Kier molecular flexibility index (Phi) is 7.54. The highest BCUT2D eigenvalue weighted by atomic mass is 35.5. The number of nitrogens with zero attached hydrogens (tertiary/aromatic N) is 4. The van der Waals surface area contributed by atoms with Crippen LogP contribution in [0.4, 0.5) is 0 Å². The summed E-state index contributed by atoms with van der Waals surface area (Å²) in [6.07, 6.45) is 5.36. The molecule has 10 heteroatoms. The van der Waals surface area contributed by atoms with E-state index in [1.165, 1.54) is 16.8 Å². The highest BCUT2D eigenvalue weighted by Gasteiger charge is 2.28. The Morgan fingerprint density at radius 2 is 1.77 bits per heavy atom. The van der Waals surface area contributed by atoms with Crippen LogP contribution in [-0.4, -0.2) is 29.7 Å². The zero-order valence-electron chi connectivity index (χ0n) is 19.1. The lowest BCUT2D eigenvalue weighted by Gasteiger charge is -2.27. The molecule has 0 spiro atoms. The maximum Gasteiger partial charge on any atom is 0.328 e. The largest absolute Gasteiger partial charge is 0.383 e. The van der Waals surface area contributed by atoms with Crippen LogP contribution in [0.1, 0.15) is 31.0 Å². The molecule has 0 radical (unpaired) electrons. The van der Waals surface area contributed by atoms with E-state index in [0.29, 0.717) is 28.6 Å². The van der Waals surface area contributed by atoms with Crippen molar-refractivity contribution in [2.75, 3.05) is 0 Å². The molecule has 0 saturated heterocycles. The van der Waals surface area contributed by atoms with Gasteiger partial charge in [0.15, 0.2) is 0 Å². The van der Waals surface area contributed by atoms with Crippen molar-refractivity contribution >= 4 is 23.2 Å². The SMILES string of the molecule is C[C@@](O)(Cn1nncc1CCCCn1ccc(=O)[nH]c1=O)c1ccc(Cl)cc1-c1ccc(Cl)cc1. The molecular weight excluding hydrogens is 489 g/mol. The molecule has 8 nitrogen and oxygen atoms in total. The van der Waals surface area contributed by atoms with E-state index in [1.807, 2.05) is 24.3 Å². The molecule has 0 fully saturated rings. The first-order chi connectivity index (χ1) is 16.7. The van der Waals surface area contributed by atoms with E-state index in [2.05, 4.69) is 15.3 Å². The summed E-state index contributed by atoms with van der Waals surface area (Å²) in [5, 5.41) is 20.9. The van der Waals surface area contributed by atoms with Gasteiger partial charge in [-0.2, -0.15) is 0 Å². The summed E-state index contributed by atoms with van der Waals surface area (Å²) in [6.45, 7) is 2.43. The molecule has 2 N–H and O–H groups in total. The predicted octanol–water partition coefficient (Wildman–Crippen LogP) is 4.03. The Labute approximate surface area is 211 Å².